The average Bonchev–Trinajstić information content (AvgIpc) is 2.37. The average molecular weight is 254 g/mol. The molecule has 2 aliphatic rings. The minimum Gasteiger partial charge on any atom is -0.480 e. The summed E-state index contributed by atoms with van der Waals surface area (Å²) < 4.78 is 0. The Hall–Kier alpha value is -1.10. The van der Waals surface area contributed by atoms with Crippen LogP contribution in [0.3, 0.4) is 0 Å². The number of carbonyl (C=O) groups excluding carboxylic acids is 1. The summed E-state index contributed by atoms with van der Waals surface area (Å²) in [5.41, 5.74) is 0. The quantitative estimate of drug-likeness (QED) is 0.699. The van der Waals surface area contributed by atoms with E-state index in [0.29, 0.717) is 12.0 Å². The molecule has 1 saturated heterocycles. The lowest BCUT2D eigenvalue weighted by molar-refractivity contribution is -0.141. The van der Waals surface area contributed by atoms with Gasteiger partial charge in [0.25, 0.3) is 0 Å². The number of fused-ring (bicyclic) bond motifs is 1. The van der Waals surface area contributed by atoms with E-state index in [2.05, 4.69) is 10.6 Å². The predicted molar refractivity (Wildman–Crippen MR) is 67.1 cm³/mol. The number of carbonyl (C=O) groups is 2. The van der Waals surface area contributed by atoms with E-state index in [4.69, 9.17) is 5.11 Å². The van der Waals surface area contributed by atoms with Gasteiger partial charge in [-0.3, -0.25) is 9.59 Å². The van der Waals surface area contributed by atoms with Crippen molar-refractivity contribution in [1.29, 1.82) is 0 Å². The van der Waals surface area contributed by atoms with E-state index in [0.717, 1.165) is 19.3 Å². The lowest BCUT2D eigenvalue weighted by atomic mass is 9.77. The van der Waals surface area contributed by atoms with Gasteiger partial charge in [-0.1, -0.05) is 12.8 Å². The molecule has 0 aromatic rings. The Kier molecular flexibility index (Phi) is 4.22. The largest absolute Gasteiger partial charge is 0.480 e. The maximum atomic E-state index is 12.0. The number of carboxylic acids is 1. The van der Waals surface area contributed by atoms with Gasteiger partial charge in [0.15, 0.2) is 0 Å². The maximum absolute atomic E-state index is 12.0. The molecule has 3 unspecified atom stereocenters. The molecule has 1 saturated carbocycles. The fraction of sp³-hybridized carbons (Fsp3) is 0.846. The zero-order valence-corrected chi connectivity index (χ0v) is 10.8. The van der Waals surface area contributed by atoms with Crippen molar-refractivity contribution in [2.75, 3.05) is 0 Å². The molecule has 3 N–H and O–H groups in total. The summed E-state index contributed by atoms with van der Waals surface area (Å²) >= 11 is 0. The molecule has 102 valence electrons. The molecule has 0 bridgehead atoms. The summed E-state index contributed by atoms with van der Waals surface area (Å²) in [6, 6.07) is -0.585. The Morgan fingerprint density at radius 3 is 2.67 bits per heavy atom. The smallest absolute Gasteiger partial charge is 0.325 e. The van der Waals surface area contributed by atoms with Crippen molar-refractivity contribution >= 4 is 11.9 Å². The number of amides is 1. The van der Waals surface area contributed by atoms with Gasteiger partial charge in [-0.2, -0.15) is 0 Å². The molecule has 0 aromatic heterocycles. The number of piperidine rings is 1. The third-order valence-corrected chi connectivity index (χ3v) is 4.20. The van der Waals surface area contributed by atoms with Gasteiger partial charge in [0.2, 0.25) is 5.91 Å². The van der Waals surface area contributed by atoms with E-state index in [-0.39, 0.29) is 11.9 Å². The molecule has 2 fully saturated rings. The van der Waals surface area contributed by atoms with Crippen LogP contribution in [0, 0.1) is 5.92 Å². The molecule has 5 nitrogen and oxygen atoms in total. The Balaban J connectivity index is 1.86. The van der Waals surface area contributed by atoms with Crippen LogP contribution in [0.2, 0.25) is 0 Å². The first-order valence-electron chi connectivity index (χ1n) is 6.87. The third-order valence-electron chi connectivity index (χ3n) is 4.20. The Morgan fingerprint density at radius 2 is 1.94 bits per heavy atom. The minimum atomic E-state index is -0.991. The summed E-state index contributed by atoms with van der Waals surface area (Å²) in [5.74, 6) is -0.455. The van der Waals surface area contributed by atoms with Crippen LogP contribution >= 0.6 is 0 Å². The number of rotatable bonds is 3. The number of hydrogen-bond acceptors (Lipinski definition) is 3. The van der Waals surface area contributed by atoms with Gasteiger partial charge < -0.3 is 15.7 Å². The lowest BCUT2D eigenvalue weighted by Gasteiger charge is -2.40. The number of aliphatic carboxylic acids is 1. The first-order valence-corrected chi connectivity index (χ1v) is 6.87. The highest BCUT2D eigenvalue weighted by atomic mass is 16.4. The van der Waals surface area contributed by atoms with E-state index in [1.54, 1.807) is 0 Å². The van der Waals surface area contributed by atoms with Crippen molar-refractivity contribution in [2.24, 2.45) is 5.92 Å². The van der Waals surface area contributed by atoms with Gasteiger partial charge in [0.05, 0.1) is 6.04 Å². The van der Waals surface area contributed by atoms with E-state index >= 15 is 0 Å². The molecular formula is C13H22N2O3. The highest BCUT2D eigenvalue weighted by Gasteiger charge is 2.34. The van der Waals surface area contributed by atoms with Crippen LogP contribution in [-0.2, 0) is 9.59 Å². The molecule has 5 heteroatoms. The monoisotopic (exact) mass is 254 g/mol. The van der Waals surface area contributed by atoms with Crippen LogP contribution in [0.25, 0.3) is 0 Å². The summed E-state index contributed by atoms with van der Waals surface area (Å²) in [5, 5.41) is 14.7. The van der Waals surface area contributed by atoms with Crippen LogP contribution in [0.15, 0.2) is 0 Å². The fourth-order valence-electron chi connectivity index (χ4n) is 3.08. The molecule has 2 rings (SSSR count). The molecule has 4 atom stereocenters. The predicted octanol–water partition coefficient (Wildman–Crippen LogP) is 0.886. The van der Waals surface area contributed by atoms with Crippen LogP contribution in [0.1, 0.15) is 45.4 Å². The summed E-state index contributed by atoms with van der Waals surface area (Å²) in [7, 11) is 0. The van der Waals surface area contributed by atoms with Crippen LogP contribution in [0.4, 0.5) is 0 Å². The second-order valence-electron chi connectivity index (χ2n) is 5.52. The second kappa shape index (κ2) is 5.69. The number of nitrogens with one attached hydrogen (secondary N) is 2. The zero-order valence-electron chi connectivity index (χ0n) is 10.8. The van der Waals surface area contributed by atoms with Crippen LogP contribution in [-0.4, -0.2) is 35.1 Å². The van der Waals surface area contributed by atoms with Crippen LogP contribution < -0.4 is 10.6 Å². The Morgan fingerprint density at radius 1 is 1.22 bits per heavy atom. The molecular weight excluding hydrogens is 232 g/mol. The van der Waals surface area contributed by atoms with Crippen molar-refractivity contribution in [1.82, 2.24) is 10.6 Å². The van der Waals surface area contributed by atoms with Gasteiger partial charge in [0, 0.05) is 6.04 Å². The molecule has 1 aliphatic carbocycles. The molecule has 18 heavy (non-hydrogen) atoms. The summed E-state index contributed by atoms with van der Waals surface area (Å²) in [6.45, 7) is 1.49. The molecule has 0 spiro atoms. The van der Waals surface area contributed by atoms with E-state index < -0.39 is 12.0 Å². The minimum absolute atomic E-state index is 0.172. The summed E-state index contributed by atoms with van der Waals surface area (Å²) in [4.78, 5) is 22.7. The molecule has 1 amide bonds. The standard InChI is InChI=1S/C13H22N2O3/c1-8(13(17)18)14-12(16)11-7-6-9-4-2-3-5-10(9)15-11/h8-11,15H,2-7H2,1H3,(H,14,16)(H,17,18)/t8-,9?,10?,11?/m0/s1. The van der Waals surface area contributed by atoms with Crippen molar-refractivity contribution in [3.8, 4) is 0 Å². The normalized spacial score (nSPS) is 33.3. The second-order valence-corrected chi connectivity index (χ2v) is 5.52. The highest BCUT2D eigenvalue weighted by molar-refractivity contribution is 5.86. The van der Waals surface area contributed by atoms with E-state index in [1.165, 1.54) is 26.2 Å². The van der Waals surface area contributed by atoms with E-state index in [1.807, 2.05) is 0 Å². The van der Waals surface area contributed by atoms with Crippen molar-refractivity contribution in [3.63, 3.8) is 0 Å². The van der Waals surface area contributed by atoms with Gasteiger partial charge >= 0.3 is 5.97 Å². The number of hydrogen-bond donors (Lipinski definition) is 3. The zero-order chi connectivity index (χ0) is 13.1. The first-order chi connectivity index (χ1) is 8.58. The van der Waals surface area contributed by atoms with Crippen molar-refractivity contribution in [2.45, 2.75) is 63.6 Å². The third kappa shape index (κ3) is 3.02. The highest BCUT2D eigenvalue weighted by Crippen LogP contribution is 2.32. The SMILES string of the molecule is C[C@H](NC(=O)C1CCC2CCCCC2N1)C(=O)O. The van der Waals surface area contributed by atoms with Crippen molar-refractivity contribution in [3.05, 3.63) is 0 Å². The summed E-state index contributed by atoms with van der Waals surface area (Å²) in [6.07, 6.45) is 6.83. The Labute approximate surface area is 107 Å². The van der Waals surface area contributed by atoms with Gasteiger partial charge in [-0.15, -0.1) is 0 Å². The lowest BCUT2D eigenvalue weighted by Crippen LogP contribution is -2.56. The Bertz CT molecular complexity index is 332. The fourth-order valence-corrected chi connectivity index (χ4v) is 3.08. The molecule has 1 aliphatic heterocycles. The van der Waals surface area contributed by atoms with Gasteiger partial charge in [0.1, 0.15) is 6.04 Å². The molecule has 0 aromatic carbocycles. The maximum Gasteiger partial charge on any atom is 0.325 e. The first kappa shape index (κ1) is 13.3. The number of carboxylic acid groups (broad SMARTS) is 1. The topological polar surface area (TPSA) is 78.4 Å². The molecule has 0 radical (unpaired) electrons. The van der Waals surface area contributed by atoms with Gasteiger partial charge in [-0.25, -0.2) is 0 Å². The van der Waals surface area contributed by atoms with E-state index in [9.17, 15) is 9.59 Å². The van der Waals surface area contributed by atoms with Crippen LogP contribution in [0.5, 0.6) is 0 Å². The van der Waals surface area contributed by atoms with Crippen molar-refractivity contribution < 1.29 is 14.7 Å². The van der Waals surface area contributed by atoms with Gasteiger partial charge in [-0.05, 0) is 38.5 Å². The molecule has 1 heterocycles.